The predicted octanol–water partition coefficient (Wildman–Crippen LogP) is 5.27. The Hall–Kier alpha value is -4.72. The number of benzene rings is 1. The van der Waals surface area contributed by atoms with E-state index in [9.17, 15) is 19.5 Å². The van der Waals surface area contributed by atoms with Gasteiger partial charge in [0.1, 0.15) is 23.7 Å². The van der Waals surface area contributed by atoms with Crippen molar-refractivity contribution in [1.82, 2.24) is 15.3 Å². The van der Waals surface area contributed by atoms with Crippen LogP contribution >= 0.6 is 0 Å². The minimum Gasteiger partial charge on any atom is -0.474 e. The third-order valence-corrected chi connectivity index (χ3v) is 6.94. The molecule has 0 aliphatic carbocycles. The zero-order valence-electron chi connectivity index (χ0n) is 24.2. The fourth-order valence-corrected chi connectivity index (χ4v) is 5.06. The molecule has 14 heteroatoms. The number of nitrogens with zero attached hydrogens (tertiary/aromatic N) is 3. The summed E-state index contributed by atoms with van der Waals surface area (Å²) >= 11 is 0. The second-order valence-electron chi connectivity index (χ2n) is 11.3. The van der Waals surface area contributed by atoms with Gasteiger partial charge in [0.15, 0.2) is 5.82 Å². The number of anilines is 3. The van der Waals surface area contributed by atoms with Crippen LogP contribution in [-0.4, -0.2) is 71.3 Å². The molecule has 1 fully saturated rings. The van der Waals surface area contributed by atoms with Crippen LogP contribution in [0.1, 0.15) is 39.2 Å². The number of ether oxygens (including phenoxy) is 3. The highest BCUT2D eigenvalue weighted by molar-refractivity contribution is 6.05. The highest BCUT2D eigenvalue weighted by Gasteiger charge is 2.30. The number of halogens is 1. The first-order valence-electron chi connectivity index (χ1n) is 13.8. The summed E-state index contributed by atoms with van der Waals surface area (Å²) in [6.07, 6.45) is 2.28. The first-order valence-corrected chi connectivity index (χ1v) is 13.8. The number of hydrogen-bond donors (Lipinski definition) is 4. The van der Waals surface area contributed by atoms with Gasteiger partial charge in [0.25, 0.3) is 0 Å². The largest absolute Gasteiger partial charge is 0.474 e. The summed E-state index contributed by atoms with van der Waals surface area (Å²) in [5, 5.41) is 18.5. The zero-order chi connectivity index (χ0) is 30.9. The average molecular weight is 597 g/mol. The molecule has 4 N–H and O–H groups in total. The van der Waals surface area contributed by atoms with Gasteiger partial charge in [0.05, 0.1) is 24.9 Å². The van der Waals surface area contributed by atoms with Crippen LogP contribution in [0.4, 0.5) is 36.0 Å². The van der Waals surface area contributed by atoms with E-state index in [1.807, 2.05) is 0 Å². The quantitative estimate of drug-likeness (QED) is 0.314. The van der Waals surface area contributed by atoms with E-state index >= 15 is 4.39 Å². The Balaban J connectivity index is 1.58. The summed E-state index contributed by atoms with van der Waals surface area (Å²) in [6, 6.07) is 2.47. The molecule has 1 atom stereocenters. The molecule has 4 heterocycles. The Morgan fingerprint density at radius 3 is 2.60 bits per heavy atom. The molecule has 4 amide bonds. The average Bonchev–Trinajstić information content (AvgIpc) is 2.94. The van der Waals surface area contributed by atoms with Crippen LogP contribution in [0.15, 0.2) is 24.5 Å². The number of aromatic nitrogens is 2. The number of fused-ring (bicyclic) bond motifs is 2. The maximum Gasteiger partial charge on any atom is 0.412 e. The number of carbonyl (C=O) groups is 3. The first kappa shape index (κ1) is 29.8. The van der Waals surface area contributed by atoms with Crippen molar-refractivity contribution in [2.75, 3.05) is 41.9 Å². The number of hydrogen-bond acceptors (Lipinski definition) is 8. The summed E-state index contributed by atoms with van der Waals surface area (Å²) in [7, 11) is 0. The second kappa shape index (κ2) is 11.9. The molecule has 2 aromatic heterocycles. The Kier molecular flexibility index (Phi) is 8.22. The standard InChI is InChI=1S/C29H33FN6O7/c1-15-19(12-32-25-24(15)36(28(39)40)7-9-42-25)18-10-16-11-21(34-26(37)33-17-6-5-8-41-14-17)31-13-20(16)23(22(18)30)35-27(38)43-29(2,3)4/h10-13,17H,5-9,14H2,1-4H3,(H,35,38)(H,39,40)(H2,31,33,34,37). The maximum absolute atomic E-state index is 16.3. The van der Waals surface area contributed by atoms with Gasteiger partial charge in [-0.2, -0.15) is 0 Å². The van der Waals surface area contributed by atoms with Crippen LogP contribution in [0.2, 0.25) is 0 Å². The lowest BCUT2D eigenvalue weighted by Gasteiger charge is -2.29. The molecule has 0 saturated carbocycles. The minimum absolute atomic E-state index is 0.0308. The molecule has 2 aliphatic heterocycles. The van der Waals surface area contributed by atoms with Crippen LogP contribution in [0, 0.1) is 12.7 Å². The van der Waals surface area contributed by atoms with Gasteiger partial charge in [-0.3, -0.25) is 15.5 Å². The number of nitrogens with one attached hydrogen (secondary N) is 3. The van der Waals surface area contributed by atoms with Crippen LogP contribution in [-0.2, 0) is 9.47 Å². The lowest BCUT2D eigenvalue weighted by Crippen LogP contribution is -2.42. The molecule has 1 saturated heterocycles. The van der Waals surface area contributed by atoms with E-state index in [1.165, 1.54) is 18.5 Å². The molecule has 5 rings (SSSR count). The number of urea groups is 1. The SMILES string of the molecule is Cc1c(-c2cc3cc(NC(=O)NC4CCCOC4)ncc3c(NC(=O)OC(C)(C)C)c2F)cnc2c1N(C(=O)O)CCO2. The van der Waals surface area contributed by atoms with Crippen LogP contribution in [0.3, 0.4) is 0 Å². The second-order valence-corrected chi connectivity index (χ2v) is 11.3. The van der Waals surface area contributed by atoms with Crippen molar-refractivity contribution in [3.63, 3.8) is 0 Å². The van der Waals surface area contributed by atoms with Crippen molar-refractivity contribution in [3.8, 4) is 17.0 Å². The Morgan fingerprint density at radius 1 is 1.12 bits per heavy atom. The molecule has 13 nitrogen and oxygen atoms in total. The lowest BCUT2D eigenvalue weighted by atomic mass is 9.96. The molecule has 3 aromatic rings. The fourth-order valence-electron chi connectivity index (χ4n) is 5.06. The van der Waals surface area contributed by atoms with Crippen molar-refractivity contribution >= 4 is 46.2 Å². The van der Waals surface area contributed by atoms with Gasteiger partial charge in [-0.1, -0.05) is 0 Å². The number of carboxylic acid groups (broad SMARTS) is 1. The number of amides is 4. The van der Waals surface area contributed by atoms with Crippen molar-refractivity contribution in [2.24, 2.45) is 0 Å². The Morgan fingerprint density at radius 2 is 1.91 bits per heavy atom. The normalized spacial score (nSPS) is 16.6. The zero-order valence-corrected chi connectivity index (χ0v) is 24.2. The van der Waals surface area contributed by atoms with Gasteiger partial charge in [-0.25, -0.2) is 28.7 Å². The van der Waals surface area contributed by atoms with E-state index in [1.54, 1.807) is 33.8 Å². The monoisotopic (exact) mass is 596 g/mol. The predicted molar refractivity (Wildman–Crippen MR) is 156 cm³/mol. The highest BCUT2D eigenvalue weighted by Crippen LogP contribution is 2.42. The van der Waals surface area contributed by atoms with Crippen molar-refractivity contribution in [1.29, 1.82) is 0 Å². The summed E-state index contributed by atoms with van der Waals surface area (Å²) < 4.78 is 32.7. The Bertz CT molecular complexity index is 1590. The summed E-state index contributed by atoms with van der Waals surface area (Å²) in [5.74, 6) is -0.499. The topological polar surface area (TPSA) is 164 Å². The van der Waals surface area contributed by atoms with Crippen molar-refractivity contribution in [2.45, 2.75) is 52.2 Å². The third-order valence-electron chi connectivity index (χ3n) is 6.94. The molecular weight excluding hydrogens is 563 g/mol. The molecule has 0 spiro atoms. The number of rotatable bonds is 4. The molecule has 43 heavy (non-hydrogen) atoms. The number of carbonyl (C=O) groups excluding carboxylic acids is 2. The molecule has 0 radical (unpaired) electrons. The van der Waals surface area contributed by atoms with Gasteiger partial charge in [0, 0.05) is 35.5 Å². The van der Waals surface area contributed by atoms with Crippen LogP contribution in [0.5, 0.6) is 5.88 Å². The Labute approximate surface area is 246 Å². The summed E-state index contributed by atoms with van der Waals surface area (Å²) in [4.78, 5) is 47.0. The van der Waals surface area contributed by atoms with Gasteiger partial charge in [-0.05, 0) is 63.6 Å². The van der Waals surface area contributed by atoms with Crippen molar-refractivity contribution in [3.05, 3.63) is 35.9 Å². The molecular formula is C29H33FN6O7. The van der Waals surface area contributed by atoms with E-state index in [2.05, 4.69) is 25.9 Å². The summed E-state index contributed by atoms with van der Waals surface area (Å²) in [6.45, 7) is 7.97. The van der Waals surface area contributed by atoms with E-state index < -0.39 is 29.6 Å². The van der Waals surface area contributed by atoms with Crippen LogP contribution < -0.4 is 25.6 Å². The fraction of sp³-hybridized carbons (Fsp3) is 0.414. The first-order chi connectivity index (χ1) is 20.4. The van der Waals surface area contributed by atoms with E-state index in [-0.39, 0.29) is 58.8 Å². The molecule has 1 unspecified atom stereocenters. The maximum atomic E-state index is 16.3. The van der Waals surface area contributed by atoms with E-state index in [4.69, 9.17) is 14.2 Å². The van der Waals surface area contributed by atoms with Gasteiger partial charge >= 0.3 is 18.2 Å². The third kappa shape index (κ3) is 6.53. The van der Waals surface area contributed by atoms with E-state index in [0.29, 0.717) is 24.2 Å². The molecule has 1 aromatic carbocycles. The van der Waals surface area contributed by atoms with Crippen molar-refractivity contribution < 1.29 is 38.1 Å². The lowest BCUT2D eigenvalue weighted by molar-refractivity contribution is 0.0635. The molecule has 0 bridgehead atoms. The minimum atomic E-state index is -1.20. The van der Waals surface area contributed by atoms with Gasteiger partial charge < -0.3 is 24.6 Å². The van der Waals surface area contributed by atoms with E-state index in [0.717, 1.165) is 17.7 Å². The van der Waals surface area contributed by atoms with Crippen LogP contribution in [0.25, 0.3) is 21.9 Å². The van der Waals surface area contributed by atoms with Gasteiger partial charge in [-0.15, -0.1) is 0 Å². The number of pyridine rings is 2. The molecule has 228 valence electrons. The van der Waals surface area contributed by atoms with Gasteiger partial charge in [0.2, 0.25) is 5.88 Å². The molecule has 2 aliphatic rings. The summed E-state index contributed by atoms with van der Waals surface area (Å²) in [5.41, 5.74) is -0.119. The highest BCUT2D eigenvalue weighted by atomic mass is 19.1. The smallest absolute Gasteiger partial charge is 0.412 e.